The first kappa shape index (κ1) is 25.8. The summed E-state index contributed by atoms with van der Waals surface area (Å²) >= 11 is 5.91. The van der Waals surface area contributed by atoms with Gasteiger partial charge in [-0.15, -0.1) is 0 Å². The molecule has 0 radical (unpaired) electrons. The standard InChI is InChI=1S/C22H10ClF5N2O3.Na.H/c23-13-4-1-3-12(22(26,27)28)17(13)20(31)30-16-6-2-5-14(24)18(16)19(29-30)11-8-7-10(21(32)33)9-15(11)25;;/h1-9H,(H,32,33);;. The molecule has 1 aromatic heterocycles. The first-order valence-electron chi connectivity index (χ1n) is 9.11. The zero-order chi connectivity index (χ0) is 24.1. The molecule has 3 aromatic carbocycles. The number of carboxylic acids is 1. The van der Waals surface area contributed by atoms with Crippen molar-refractivity contribution in [2.75, 3.05) is 0 Å². The maximum absolute atomic E-state index is 14.7. The van der Waals surface area contributed by atoms with Crippen LogP contribution in [0.15, 0.2) is 54.6 Å². The number of carboxylic acid groups (broad SMARTS) is 1. The van der Waals surface area contributed by atoms with Gasteiger partial charge in [0, 0.05) is 5.56 Å². The van der Waals surface area contributed by atoms with Crippen LogP contribution in [0.2, 0.25) is 5.02 Å². The third-order valence-corrected chi connectivity index (χ3v) is 5.17. The van der Waals surface area contributed by atoms with Gasteiger partial charge in [0.05, 0.1) is 32.6 Å². The van der Waals surface area contributed by atoms with Crippen LogP contribution in [0.5, 0.6) is 0 Å². The summed E-state index contributed by atoms with van der Waals surface area (Å²) in [5.74, 6) is -4.71. The van der Waals surface area contributed by atoms with Crippen molar-refractivity contribution < 1.29 is 36.6 Å². The molecule has 0 aliphatic carbocycles. The Hall–Kier alpha value is -2.79. The number of alkyl halides is 3. The molecule has 170 valence electrons. The van der Waals surface area contributed by atoms with E-state index in [9.17, 15) is 31.5 Å². The summed E-state index contributed by atoms with van der Waals surface area (Å²) in [5, 5.41) is 12.1. The van der Waals surface area contributed by atoms with Gasteiger partial charge >= 0.3 is 41.7 Å². The molecule has 0 spiro atoms. The van der Waals surface area contributed by atoms with E-state index in [1.54, 1.807) is 0 Å². The van der Waals surface area contributed by atoms with Gasteiger partial charge in [-0.2, -0.15) is 23.0 Å². The van der Waals surface area contributed by atoms with Gasteiger partial charge in [-0.05, 0) is 42.5 Å². The molecule has 34 heavy (non-hydrogen) atoms. The molecule has 0 aliphatic rings. The molecule has 0 unspecified atom stereocenters. The second kappa shape index (κ2) is 9.46. The van der Waals surface area contributed by atoms with Crippen molar-refractivity contribution >= 4 is 63.9 Å². The Morgan fingerprint density at radius 2 is 1.65 bits per heavy atom. The second-order valence-corrected chi connectivity index (χ2v) is 7.27. The molecule has 0 fully saturated rings. The molecule has 0 amide bonds. The van der Waals surface area contributed by atoms with Crippen LogP contribution < -0.4 is 0 Å². The molecule has 0 saturated carbocycles. The minimum atomic E-state index is -4.92. The minimum absolute atomic E-state index is 0. The molecule has 0 atom stereocenters. The molecule has 0 aliphatic heterocycles. The summed E-state index contributed by atoms with van der Waals surface area (Å²) in [6.07, 6.45) is -4.92. The average molecular weight is 505 g/mol. The Morgan fingerprint density at radius 3 is 2.26 bits per heavy atom. The van der Waals surface area contributed by atoms with Crippen LogP contribution in [0, 0.1) is 11.6 Å². The van der Waals surface area contributed by atoms with E-state index in [1.165, 1.54) is 12.1 Å². The van der Waals surface area contributed by atoms with Crippen LogP contribution in [0.3, 0.4) is 0 Å². The number of rotatable bonds is 3. The summed E-state index contributed by atoms with van der Waals surface area (Å²) in [4.78, 5) is 24.2. The van der Waals surface area contributed by atoms with Crippen molar-refractivity contribution in [1.29, 1.82) is 0 Å². The Labute approximate surface area is 215 Å². The number of fused-ring (bicyclic) bond motifs is 1. The SMILES string of the molecule is O=C(O)c1ccc(-c2nn(C(=O)c3c(Cl)cccc3C(F)(F)F)c3cccc(F)c23)c(F)c1.[NaH]. The summed E-state index contributed by atoms with van der Waals surface area (Å²) in [5.41, 5.74) is -3.59. The molecule has 1 N–H and O–H groups in total. The first-order chi connectivity index (χ1) is 15.5. The Bertz CT molecular complexity index is 1450. The van der Waals surface area contributed by atoms with Crippen molar-refractivity contribution in [3.05, 3.63) is 87.9 Å². The van der Waals surface area contributed by atoms with E-state index >= 15 is 0 Å². The van der Waals surface area contributed by atoms with Crippen molar-refractivity contribution in [2.24, 2.45) is 0 Å². The Morgan fingerprint density at radius 1 is 0.971 bits per heavy atom. The zero-order valence-electron chi connectivity index (χ0n) is 16.1. The molecule has 0 bridgehead atoms. The van der Waals surface area contributed by atoms with Crippen LogP contribution in [-0.2, 0) is 6.18 Å². The third kappa shape index (κ3) is 4.46. The van der Waals surface area contributed by atoms with Crippen LogP contribution in [0.1, 0.15) is 26.3 Å². The normalized spacial score (nSPS) is 11.4. The number of halogens is 6. The topological polar surface area (TPSA) is 72.2 Å². The van der Waals surface area contributed by atoms with Crippen LogP contribution >= 0.6 is 11.6 Å². The number of hydrogen-bond donors (Lipinski definition) is 1. The quantitative estimate of drug-likeness (QED) is 0.300. The molecule has 4 aromatic rings. The first-order valence-corrected chi connectivity index (χ1v) is 9.49. The Kier molecular flexibility index (Phi) is 7.18. The van der Waals surface area contributed by atoms with Crippen molar-refractivity contribution in [2.45, 2.75) is 6.18 Å². The number of carbonyl (C=O) groups is 2. The fourth-order valence-electron chi connectivity index (χ4n) is 3.39. The third-order valence-electron chi connectivity index (χ3n) is 4.85. The number of aromatic carboxylic acids is 1. The summed E-state index contributed by atoms with van der Waals surface area (Å²) in [6.45, 7) is 0. The number of benzene rings is 3. The van der Waals surface area contributed by atoms with E-state index in [4.69, 9.17) is 16.7 Å². The van der Waals surface area contributed by atoms with Gasteiger partial charge < -0.3 is 5.11 Å². The molecule has 4 rings (SSSR count). The van der Waals surface area contributed by atoms with Gasteiger partial charge in [0.15, 0.2) is 0 Å². The molecular weight excluding hydrogens is 494 g/mol. The van der Waals surface area contributed by atoms with Gasteiger partial charge in [0.2, 0.25) is 0 Å². The molecule has 0 saturated heterocycles. The predicted molar refractivity (Wildman–Crippen MR) is 115 cm³/mol. The summed E-state index contributed by atoms with van der Waals surface area (Å²) in [6, 6.07) is 8.95. The number of hydrogen-bond acceptors (Lipinski definition) is 3. The summed E-state index contributed by atoms with van der Waals surface area (Å²) in [7, 11) is 0. The fourth-order valence-corrected chi connectivity index (χ4v) is 3.65. The van der Waals surface area contributed by atoms with E-state index in [0.29, 0.717) is 16.8 Å². The van der Waals surface area contributed by atoms with E-state index in [1.807, 2.05) is 0 Å². The van der Waals surface area contributed by atoms with Crippen LogP contribution in [0.4, 0.5) is 22.0 Å². The summed E-state index contributed by atoms with van der Waals surface area (Å²) < 4.78 is 70.4. The van der Waals surface area contributed by atoms with E-state index in [2.05, 4.69) is 5.10 Å². The van der Waals surface area contributed by atoms with Gasteiger partial charge in [-0.25, -0.2) is 13.6 Å². The zero-order valence-corrected chi connectivity index (χ0v) is 16.9. The molecular formula is C22H11ClF5N2NaO3. The van der Waals surface area contributed by atoms with Gasteiger partial charge in [-0.3, -0.25) is 4.79 Å². The number of nitrogens with zero attached hydrogens (tertiary/aromatic N) is 2. The predicted octanol–water partition coefficient (Wildman–Crippen LogP) is 5.39. The van der Waals surface area contributed by atoms with E-state index in [0.717, 1.165) is 30.3 Å². The van der Waals surface area contributed by atoms with Crippen molar-refractivity contribution in [1.82, 2.24) is 9.78 Å². The van der Waals surface area contributed by atoms with Crippen LogP contribution in [0.25, 0.3) is 22.2 Å². The monoisotopic (exact) mass is 504 g/mol. The maximum atomic E-state index is 14.7. The van der Waals surface area contributed by atoms with Gasteiger partial charge in [-0.1, -0.05) is 23.7 Å². The second-order valence-electron chi connectivity index (χ2n) is 6.86. The van der Waals surface area contributed by atoms with E-state index < -0.39 is 51.5 Å². The van der Waals surface area contributed by atoms with Crippen molar-refractivity contribution in [3.8, 4) is 11.3 Å². The fraction of sp³-hybridized carbons (Fsp3) is 0.0455. The molecule has 12 heteroatoms. The van der Waals surface area contributed by atoms with Crippen LogP contribution in [-0.4, -0.2) is 56.3 Å². The van der Waals surface area contributed by atoms with E-state index in [-0.39, 0.29) is 51.6 Å². The van der Waals surface area contributed by atoms with Gasteiger partial charge in [0.1, 0.15) is 17.3 Å². The van der Waals surface area contributed by atoms with Gasteiger partial charge in [0.25, 0.3) is 5.91 Å². The molecule has 1 heterocycles. The number of aromatic nitrogens is 2. The molecule has 5 nitrogen and oxygen atoms in total. The van der Waals surface area contributed by atoms with Crippen molar-refractivity contribution in [3.63, 3.8) is 0 Å². The Balaban J connectivity index is 0.00000324. The number of carbonyl (C=O) groups excluding carboxylic acids is 1. The average Bonchev–Trinajstić information content (AvgIpc) is 3.13.